The van der Waals surface area contributed by atoms with Crippen LogP contribution in [0.4, 0.5) is 20.2 Å². The van der Waals surface area contributed by atoms with Crippen LogP contribution in [0.3, 0.4) is 0 Å². The Hall–Kier alpha value is -4.30. The first-order valence-corrected chi connectivity index (χ1v) is 18.4. The molecule has 2 saturated heterocycles. The molecular weight excluding hydrogens is 727 g/mol. The van der Waals surface area contributed by atoms with Crippen LogP contribution < -0.4 is 25.8 Å². The number of hydrogen-bond donors (Lipinski definition) is 2. The summed E-state index contributed by atoms with van der Waals surface area (Å²) in [5, 5.41) is 7.42. The van der Waals surface area contributed by atoms with E-state index in [1.807, 2.05) is 30.0 Å². The largest absolute Gasteiger partial charge is 0.496 e. The van der Waals surface area contributed by atoms with Crippen LogP contribution in [-0.4, -0.2) is 96.1 Å². The topological polar surface area (TPSA) is 112 Å². The number of piperazine rings is 1. The van der Waals surface area contributed by atoms with Gasteiger partial charge in [-0.3, -0.25) is 34.5 Å². The smallest absolute Gasteiger partial charge is 0.275 e. The zero-order valence-electron chi connectivity index (χ0n) is 29.9. The lowest BCUT2D eigenvalue weighted by atomic mass is 9.96. The van der Waals surface area contributed by atoms with Gasteiger partial charge < -0.3 is 19.5 Å². The van der Waals surface area contributed by atoms with E-state index < -0.39 is 30.5 Å². The summed E-state index contributed by atoms with van der Waals surface area (Å²) in [6.45, 7) is 4.17. The van der Waals surface area contributed by atoms with Crippen molar-refractivity contribution in [3.63, 3.8) is 0 Å². The molecule has 0 spiro atoms. The number of carbonyl (C=O) groups excluding carboxylic acids is 2. The first kappa shape index (κ1) is 38.4. The molecule has 15 heteroatoms. The number of likely N-dealkylation sites (tertiary alicyclic amines) is 1. The van der Waals surface area contributed by atoms with E-state index in [9.17, 15) is 14.4 Å². The third kappa shape index (κ3) is 8.28. The molecule has 11 nitrogen and oxygen atoms in total. The third-order valence-corrected chi connectivity index (χ3v) is 10.8. The van der Waals surface area contributed by atoms with E-state index in [0.717, 1.165) is 28.6 Å². The number of benzene rings is 2. The second kappa shape index (κ2) is 16.4. The molecule has 2 aliphatic rings. The number of fused-ring (bicyclic) bond motifs is 1. The summed E-state index contributed by atoms with van der Waals surface area (Å²) in [6, 6.07) is 9.35. The lowest BCUT2D eigenvalue weighted by Crippen LogP contribution is -2.61. The monoisotopic (exact) mass is 769 g/mol. The molecule has 2 N–H and O–H groups in total. The van der Waals surface area contributed by atoms with Crippen molar-refractivity contribution < 1.29 is 23.1 Å². The average Bonchev–Trinajstić information content (AvgIpc) is 3.13. The second-order valence-electron chi connectivity index (χ2n) is 13.6. The van der Waals surface area contributed by atoms with Gasteiger partial charge in [0.25, 0.3) is 11.5 Å². The quantitative estimate of drug-likeness (QED) is 0.173. The molecule has 0 radical (unpaired) electrons. The molecule has 2 unspecified atom stereocenters. The lowest BCUT2D eigenvalue weighted by Gasteiger charge is -2.47. The molecule has 0 bridgehead atoms. The Labute approximate surface area is 316 Å². The Morgan fingerprint density at radius 1 is 1.09 bits per heavy atom. The van der Waals surface area contributed by atoms with Gasteiger partial charge in [-0.05, 0) is 60.2 Å². The lowest BCUT2D eigenvalue weighted by molar-refractivity contribution is -0.129. The van der Waals surface area contributed by atoms with Crippen molar-refractivity contribution in [2.75, 3.05) is 56.6 Å². The van der Waals surface area contributed by atoms with Gasteiger partial charge in [0.2, 0.25) is 12.3 Å². The van der Waals surface area contributed by atoms with E-state index in [4.69, 9.17) is 27.9 Å². The van der Waals surface area contributed by atoms with Gasteiger partial charge in [0.15, 0.2) is 0 Å². The van der Waals surface area contributed by atoms with Gasteiger partial charge in [-0.15, -0.1) is 0 Å². The van der Waals surface area contributed by atoms with Crippen LogP contribution in [0.25, 0.3) is 21.9 Å². The number of hydrogen-bond acceptors (Lipinski definition) is 9. The Kier molecular flexibility index (Phi) is 11.9. The van der Waals surface area contributed by atoms with Crippen molar-refractivity contribution in [3.05, 3.63) is 81.0 Å². The van der Waals surface area contributed by atoms with Crippen molar-refractivity contribution in [1.82, 2.24) is 24.7 Å². The van der Waals surface area contributed by atoms with Crippen LogP contribution in [0.2, 0.25) is 10.0 Å². The van der Waals surface area contributed by atoms with Crippen LogP contribution in [0.1, 0.15) is 31.7 Å². The van der Waals surface area contributed by atoms with E-state index in [1.165, 1.54) is 11.7 Å². The summed E-state index contributed by atoms with van der Waals surface area (Å²) in [7, 11) is 3.21. The third-order valence-electron chi connectivity index (χ3n) is 10.2. The highest BCUT2D eigenvalue weighted by Crippen LogP contribution is 2.39. The van der Waals surface area contributed by atoms with E-state index in [-0.39, 0.29) is 12.1 Å². The van der Waals surface area contributed by atoms with Gasteiger partial charge in [0, 0.05) is 86.7 Å². The molecule has 2 atom stereocenters. The molecule has 4 aromatic rings. The molecule has 6 rings (SSSR count). The number of ether oxygens (including phenoxy) is 1. The zero-order chi connectivity index (χ0) is 37.9. The normalized spacial score (nSPS) is 18.5. The number of piperidine rings is 1. The van der Waals surface area contributed by atoms with Crippen LogP contribution in [0.5, 0.6) is 5.75 Å². The number of imide groups is 1. The first-order chi connectivity index (χ1) is 25.4. The Morgan fingerprint density at radius 2 is 1.87 bits per heavy atom. The predicted octanol–water partition coefficient (Wildman–Crippen LogP) is 5.80. The van der Waals surface area contributed by atoms with Gasteiger partial charge in [0.1, 0.15) is 11.8 Å². The van der Waals surface area contributed by atoms with Gasteiger partial charge >= 0.3 is 0 Å². The fourth-order valence-electron chi connectivity index (χ4n) is 7.50. The number of halogens is 4. The number of amides is 2. The number of aromatic nitrogens is 2. The van der Waals surface area contributed by atoms with E-state index >= 15 is 8.78 Å². The minimum Gasteiger partial charge on any atom is -0.496 e. The molecule has 4 heterocycles. The molecule has 282 valence electrons. The average molecular weight is 771 g/mol. The molecule has 0 saturated carbocycles. The van der Waals surface area contributed by atoms with Crippen molar-refractivity contribution in [1.29, 1.82) is 0 Å². The van der Waals surface area contributed by atoms with E-state index in [2.05, 4.69) is 20.5 Å². The minimum absolute atomic E-state index is 0.163. The number of methoxy groups -OCH3 is 1. The maximum Gasteiger partial charge on any atom is 0.275 e. The van der Waals surface area contributed by atoms with Crippen molar-refractivity contribution in [2.45, 2.75) is 50.7 Å². The van der Waals surface area contributed by atoms with Gasteiger partial charge in [0.05, 0.1) is 35.8 Å². The molecule has 0 aliphatic carbocycles. The maximum absolute atomic E-state index is 15.9. The van der Waals surface area contributed by atoms with Crippen LogP contribution in [0.15, 0.2) is 59.8 Å². The van der Waals surface area contributed by atoms with Crippen molar-refractivity contribution in [3.8, 4) is 16.9 Å². The molecule has 2 aromatic heterocycles. The standard InChI is InChI=1S/C38H43Cl2F2N7O4/c1-4-5-32(36(51)44-23-50)45-25-6-7-33(31(40)18-25)48-12-14-49(15-13-48)35-9-11-47(22-38(35,41)42)21-29-30(39)16-24(17-34(29)53-3)28-20-46(2)37(52)27-19-43-10-8-26(27)28/h6-8,10,16-20,23,32,35,45H,4-5,9,11-15,21-22H2,1-3H3,(H,44,50,51). The second-order valence-corrected chi connectivity index (χ2v) is 14.4. The molecular formula is C38H43Cl2F2N7O4. The number of pyridine rings is 2. The predicted molar refractivity (Wildman–Crippen MR) is 204 cm³/mol. The number of rotatable bonds is 12. The summed E-state index contributed by atoms with van der Waals surface area (Å²) >= 11 is 13.5. The maximum atomic E-state index is 15.9. The highest BCUT2D eigenvalue weighted by atomic mass is 35.5. The van der Waals surface area contributed by atoms with Crippen LogP contribution in [-0.2, 0) is 23.2 Å². The molecule has 2 amide bonds. The molecule has 2 fully saturated rings. The fraction of sp³-hybridized carbons (Fsp3) is 0.421. The molecule has 2 aromatic carbocycles. The van der Waals surface area contributed by atoms with Crippen LogP contribution in [0, 0.1) is 0 Å². The highest BCUT2D eigenvalue weighted by molar-refractivity contribution is 6.33. The summed E-state index contributed by atoms with van der Waals surface area (Å²) < 4.78 is 39.1. The number of nitrogens with one attached hydrogen (secondary N) is 2. The number of aryl methyl sites for hydroxylation is 1. The Morgan fingerprint density at radius 3 is 2.55 bits per heavy atom. The van der Waals surface area contributed by atoms with Gasteiger partial charge in [-0.1, -0.05) is 36.5 Å². The zero-order valence-corrected chi connectivity index (χ0v) is 31.4. The first-order valence-electron chi connectivity index (χ1n) is 17.6. The van der Waals surface area contributed by atoms with E-state index in [1.54, 1.807) is 48.7 Å². The Bertz CT molecular complexity index is 2040. The van der Waals surface area contributed by atoms with Gasteiger partial charge in [-0.2, -0.15) is 0 Å². The summed E-state index contributed by atoms with van der Waals surface area (Å²) in [5.74, 6) is -2.89. The van der Waals surface area contributed by atoms with Gasteiger partial charge in [-0.25, -0.2) is 8.78 Å². The summed E-state index contributed by atoms with van der Waals surface area (Å²) in [5.41, 5.74) is 3.41. The summed E-state index contributed by atoms with van der Waals surface area (Å²) in [6.07, 6.45) is 6.85. The van der Waals surface area contributed by atoms with Crippen molar-refractivity contribution >= 4 is 57.7 Å². The molecule has 2 aliphatic heterocycles. The number of anilines is 2. The number of nitrogens with zero attached hydrogens (tertiary/aromatic N) is 5. The van der Waals surface area contributed by atoms with Crippen LogP contribution >= 0.6 is 23.2 Å². The number of alkyl halides is 2. The SMILES string of the molecule is CCCC(Nc1ccc(N2CCN(C3CCN(Cc4c(Cl)cc(-c5cn(C)c(=O)c6cnccc56)cc4OC)CC3(F)F)CC2)c(Cl)c1)C(=O)NC=O. The fourth-order valence-corrected chi connectivity index (χ4v) is 8.07. The van der Waals surface area contributed by atoms with E-state index in [0.29, 0.717) is 84.4 Å². The Balaban J connectivity index is 1.09. The summed E-state index contributed by atoms with van der Waals surface area (Å²) in [4.78, 5) is 45.5. The van der Waals surface area contributed by atoms with Crippen molar-refractivity contribution in [2.24, 2.45) is 7.05 Å². The number of carbonyl (C=O) groups is 2. The highest BCUT2D eigenvalue weighted by Gasteiger charge is 2.48. The molecule has 53 heavy (non-hydrogen) atoms. The minimum atomic E-state index is -2.96.